The second-order valence-corrected chi connectivity index (χ2v) is 7.90. The fourth-order valence-electron chi connectivity index (χ4n) is 4.04. The number of rotatable bonds is 1. The summed E-state index contributed by atoms with van der Waals surface area (Å²) in [5.41, 5.74) is 0. The Morgan fingerprint density at radius 1 is 0.800 bits per heavy atom. The summed E-state index contributed by atoms with van der Waals surface area (Å²) in [6, 6.07) is 0.145. The van der Waals surface area contributed by atoms with Gasteiger partial charge in [0.1, 0.15) is 0 Å². The molecule has 0 spiro atoms. The molecular formula is C20H36N2O3. The van der Waals surface area contributed by atoms with Gasteiger partial charge in [0.05, 0.1) is 12.2 Å². The van der Waals surface area contributed by atoms with Gasteiger partial charge in [0.15, 0.2) is 0 Å². The van der Waals surface area contributed by atoms with E-state index in [1.807, 2.05) is 13.8 Å². The van der Waals surface area contributed by atoms with Crippen molar-refractivity contribution >= 4 is 11.8 Å². The van der Waals surface area contributed by atoms with Crippen LogP contribution in [0.3, 0.4) is 0 Å². The third kappa shape index (κ3) is 7.35. The highest BCUT2D eigenvalue weighted by atomic mass is 16.5. The van der Waals surface area contributed by atoms with Gasteiger partial charge >= 0.3 is 11.8 Å². The van der Waals surface area contributed by atoms with E-state index < -0.39 is 11.8 Å². The Morgan fingerprint density at radius 3 is 1.72 bits per heavy atom. The molecule has 2 rings (SSSR count). The number of nitrogens with zero attached hydrogens (tertiary/aromatic N) is 1. The van der Waals surface area contributed by atoms with Crippen LogP contribution in [0, 0.1) is 0 Å². The fraction of sp³-hybridized carbons (Fsp3) is 0.900. The zero-order valence-electron chi connectivity index (χ0n) is 16.1. The fourth-order valence-corrected chi connectivity index (χ4v) is 4.04. The van der Waals surface area contributed by atoms with Crippen LogP contribution in [0.2, 0.25) is 0 Å². The van der Waals surface area contributed by atoms with Crippen molar-refractivity contribution in [3.8, 4) is 0 Å². The van der Waals surface area contributed by atoms with Gasteiger partial charge in [-0.3, -0.25) is 9.59 Å². The lowest BCUT2D eigenvalue weighted by molar-refractivity contribution is -0.153. The van der Waals surface area contributed by atoms with Crippen LogP contribution in [-0.2, 0) is 14.3 Å². The van der Waals surface area contributed by atoms with E-state index in [4.69, 9.17) is 4.74 Å². The molecule has 1 saturated carbocycles. The predicted molar refractivity (Wildman–Crippen MR) is 99.3 cm³/mol. The van der Waals surface area contributed by atoms with E-state index in [-0.39, 0.29) is 18.2 Å². The molecule has 25 heavy (non-hydrogen) atoms. The van der Waals surface area contributed by atoms with Crippen LogP contribution in [-0.4, -0.2) is 48.1 Å². The molecule has 144 valence electrons. The van der Waals surface area contributed by atoms with Crippen LogP contribution in [0.4, 0.5) is 0 Å². The number of amides is 2. The number of morpholine rings is 1. The average molecular weight is 353 g/mol. The van der Waals surface area contributed by atoms with Crippen molar-refractivity contribution in [1.29, 1.82) is 0 Å². The summed E-state index contributed by atoms with van der Waals surface area (Å²) in [5.74, 6) is -0.827. The van der Waals surface area contributed by atoms with Crippen LogP contribution in [0.25, 0.3) is 0 Å². The van der Waals surface area contributed by atoms with Crippen molar-refractivity contribution in [2.24, 2.45) is 0 Å². The molecular weight excluding hydrogens is 316 g/mol. The summed E-state index contributed by atoms with van der Waals surface area (Å²) in [4.78, 5) is 26.6. The minimum absolute atomic E-state index is 0.0122. The number of nitrogens with one attached hydrogen (secondary N) is 1. The molecule has 1 heterocycles. The van der Waals surface area contributed by atoms with E-state index in [1.54, 1.807) is 4.90 Å². The van der Waals surface area contributed by atoms with Crippen molar-refractivity contribution in [3.63, 3.8) is 0 Å². The van der Waals surface area contributed by atoms with Crippen molar-refractivity contribution in [2.75, 3.05) is 13.1 Å². The molecule has 1 N–H and O–H groups in total. The van der Waals surface area contributed by atoms with Gasteiger partial charge in [-0.15, -0.1) is 0 Å². The van der Waals surface area contributed by atoms with E-state index in [9.17, 15) is 9.59 Å². The Balaban J connectivity index is 1.83. The lowest BCUT2D eigenvalue weighted by atomic mass is 9.98. The van der Waals surface area contributed by atoms with Gasteiger partial charge in [0.25, 0.3) is 0 Å². The second-order valence-electron chi connectivity index (χ2n) is 7.90. The maximum atomic E-state index is 12.5. The summed E-state index contributed by atoms with van der Waals surface area (Å²) in [6.45, 7) is 4.89. The molecule has 1 aliphatic carbocycles. The predicted octanol–water partition coefficient (Wildman–Crippen LogP) is 3.41. The smallest absolute Gasteiger partial charge is 0.312 e. The second kappa shape index (κ2) is 10.8. The summed E-state index contributed by atoms with van der Waals surface area (Å²) in [7, 11) is 0. The van der Waals surface area contributed by atoms with Gasteiger partial charge in [0.2, 0.25) is 0 Å². The first-order valence-corrected chi connectivity index (χ1v) is 10.3. The Hall–Kier alpha value is -1.10. The van der Waals surface area contributed by atoms with Gasteiger partial charge in [0, 0.05) is 19.1 Å². The largest absolute Gasteiger partial charge is 0.372 e. The van der Waals surface area contributed by atoms with Crippen molar-refractivity contribution in [3.05, 3.63) is 0 Å². The maximum Gasteiger partial charge on any atom is 0.312 e. The lowest BCUT2D eigenvalue weighted by Gasteiger charge is -2.35. The third-order valence-electron chi connectivity index (χ3n) is 5.34. The normalized spacial score (nSPS) is 27.8. The number of ether oxygens (including phenoxy) is 1. The zero-order chi connectivity index (χ0) is 18.1. The summed E-state index contributed by atoms with van der Waals surface area (Å²) < 4.78 is 5.65. The van der Waals surface area contributed by atoms with E-state index in [0.29, 0.717) is 13.1 Å². The minimum Gasteiger partial charge on any atom is -0.372 e. The summed E-state index contributed by atoms with van der Waals surface area (Å²) >= 11 is 0. The molecule has 1 saturated heterocycles. The van der Waals surface area contributed by atoms with Crippen LogP contribution in [0.1, 0.15) is 84.5 Å². The lowest BCUT2D eigenvalue weighted by Crippen LogP contribution is -2.53. The van der Waals surface area contributed by atoms with Crippen LogP contribution >= 0.6 is 0 Å². The minimum atomic E-state index is -0.432. The average Bonchev–Trinajstić information content (AvgIpc) is 2.55. The maximum absolute atomic E-state index is 12.5. The van der Waals surface area contributed by atoms with Gasteiger partial charge in [-0.1, -0.05) is 57.8 Å². The number of hydrogen-bond donors (Lipinski definition) is 1. The molecule has 1 aliphatic heterocycles. The molecule has 0 aromatic rings. The summed E-state index contributed by atoms with van der Waals surface area (Å²) in [5, 5.41) is 3.03. The molecule has 2 aliphatic rings. The molecule has 0 bridgehead atoms. The van der Waals surface area contributed by atoms with Crippen LogP contribution < -0.4 is 5.32 Å². The zero-order valence-corrected chi connectivity index (χ0v) is 16.1. The van der Waals surface area contributed by atoms with Crippen LogP contribution in [0.15, 0.2) is 0 Å². The highest BCUT2D eigenvalue weighted by Gasteiger charge is 2.30. The molecule has 2 atom stereocenters. The summed E-state index contributed by atoms with van der Waals surface area (Å²) in [6.07, 6.45) is 13.4. The molecule has 0 radical (unpaired) electrons. The first-order chi connectivity index (χ1) is 12.1. The van der Waals surface area contributed by atoms with Gasteiger partial charge in [-0.05, 0) is 26.7 Å². The van der Waals surface area contributed by atoms with Crippen molar-refractivity contribution in [2.45, 2.75) is 103 Å². The van der Waals surface area contributed by atoms with Gasteiger partial charge in [-0.25, -0.2) is 0 Å². The molecule has 2 amide bonds. The van der Waals surface area contributed by atoms with Crippen molar-refractivity contribution < 1.29 is 14.3 Å². The number of carbonyl (C=O) groups is 2. The quantitative estimate of drug-likeness (QED) is 0.736. The molecule has 5 heteroatoms. The number of carbonyl (C=O) groups excluding carboxylic acids is 2. The molecule has 5 nitrogen and oxygen atoms in total. The third-order valence-corrected chi connectivity index (χ3v) is 5.34. The van der Waals surface area contributed by atoms with Crippen LogP contribution in [0.5, 0.6) is 0 Å². The Morgan fingerprint density at radius 2 is 1.24 bits per heavy atom. The van der Waals surface area contributed by atoms with E-state index >= 15 is 0 Å². The monoisotopic (exact) mass is 352 g/mol. The van der Waals surface area contributed by atoms with Gasteiger partial charge in [-0.2, -0.15) is 0 Å². The first-order valence-electron chi connectivity index (χ1n) is 10.3. The molecule has 0 aromatic heterocycles. The highest BCUT2D eigenvalue weighted by Crippen LogP contribution is 2.17. The van der Waals surface area contributed by atoms with Crippen molar-refractivity contribution in [1.82, 2.24) is 10.2 Å². The molecule has 0 aromatic carbocycles. The SMILES string of the molecule is CC1CN(C(=O)C(=O)NC2CCCCCCCCCCC2)CC(C)O1. The first kappa shape index (κ1) is 20.2. The molecule has 2 fully saturated rings. The Kier molecular flexibility index (Phi) is 8.73. The number of hydrogen-bond acceptors (Lipinski definition) is 3. The van der Waals surface area contributed by atoms with E-state index in [0.717, 1.165) is 25.7 Å². The topological polar surface area (TPSA) is 58.6 Å². The Bertz CT molecular complexity index is 405. The highest BCUT2D eigenvalue weighted by molar-refractivity contribution is 6.35. The Labute approximate surface area is 152 Å². The van der Waals surface area contributed by atoms with E-state index in [1.165, 1.54) is 44.9 Å². The van der Waals surface area contributed by atoms with E-state index in [2.05, 4.69) is 5.32 Å². The molecule has 2 unspecified atom stereocenters. The standard InChI is InChI=1S/C20H36N2O3/c1-16-14-22(15-17(2)25-16)20(24)19(23)21-18-12-10-8-6-4-3-5-7-9-11-13-18/h16-18H,3-15H2,1-2H3,(H,21,23). The van der Waals surface area contributed by atoms with Gasteiger partial charge < -0.3 is 15.0 Å².